The molecule has 0 aromatic carbocycles. The van der Waals surface area contributed by atoms with Crippen molar-refractivity contribution in [2.24, 2.45) is 0 Å². The van der Waals surface area contributed by atoms with Crippen molar-refractivity contribution in [2.75, 3.05) is 0 Å². The van der Waals surface area contributed by atoms with Gasteiger partial charge in [-0.2, -0.15) is 0 Å². The molecule has 0 aliphatic heterocycles. The first-order valence-corrected chi connectivity index (χ1v) is 5.72. The van der Waals surface area contributed by atoms with E-state index in [1.807, 2.05) is 0 Å². The Hall–Kier alpha value is -0.300. The minimum absolute atomic E-state index is 0.0518. The molecule has 1 heteroatoms. The third kappa shape index (κ3) is 5.87. The first-order valence-electron chi connectivity index (χ1n) is 5.72. The first-order chi connectivity index (χ1) is 6.39. The van der Waals surface area contributed by atoms with Crippen LogP contribution in [0.4, 0.5) is 0 Å². The number of hydrogen-bond donors (Lipinski definition) is 1. The molecule has 0 spiro atoms. The molecule has 0 fully saturated rings. The Morgan fingerprint density at radius 1 is 0.769 bits per heavy atom. The Kier molecular flexibility index (Phi) is 5.92. The fraction of sp³-hybridized carbons (Fsp3) is 0.833. The van der Waals surface area contributed by atoms with Crippen molar-refractivity contribution in [2.45, 2.75) is 63.9 Å². The van der Waals surface area contributed by atoms with E-state index in [0.29, 0.717) is 0 Å². The van der Waals surface area contributed by atoms with Gasteiger partial charge >= 0.3 is 0 Å². The highest BCUT2D eigenvalue weighted by atomic mass is 16.3. The summed E-state index contributed by atoms with van der Waals surface area (Å²) in [6, 6.07) is 0. The van der Waals surface area contributed by atoms with Crippen LogP contribution in [0.15, 0.2) is 12.2 Å². The van der Waals surface area contributed by atoms with E-state index < -0.39 is 0 Å². The van der Waals surface area contributed by atoms with E-state index in [0.717, 1.165) is 19.3 Å². The Morgan fingerprint density at radius 2 is 1.46 bits per heavy atom. The minimum atomic E-state index is -0.0518. The van der Waals surface area contributed by atoms with Crippen molar-refractivity contribution in [3.63, 3.8) is 0 Å². The lowest BCUT2D eigenvalue weighted by Crippen LogP contribution is -2.05. The standard InChI is InChI=1S/C12H22O/c13-12-10-8-6-4-2-1-3-5-7-9-11-12/h4,6,12-13H,1-3,5,7-11H2. The van der Waals surface area contributed by atoms with Crippen LogP contribution in [0.3, 0.4) is 0 Å². The summed E-state index contributed by atoms with van der Waals surface area (Å²) in [5, 5.41) is 9.56. The van der Waals surface area contributed by atoms with Crippen molar-refractivity contribution in [3.8, 4) is 0 Å². The van der Waals surface area contributed by atoms with Crippen molar-refractivity contribution >= 4 is 0 Å². The fourth-order valence-corrected chi connectivity index (χ4v) is 1.84. The summed E-state index contributed by atoms with van der Waals surface area (Å²) in [6.07, 6.45) is 15.3. The molecule has 1 aliphatic carbocycles. The number of hydrogen-bond acceptors (Lipinski definition) is 1. The van der Waals surface area contributed by atoms with Crippen LogP contribution in [-0.2, 0) is 0 Å². The predicted molar refractivity (Wildman–Crippen MR) is 56.7 cm³/mol. The molecule has 0 saturated heterocycles. The molecule has 0 aromatic heterocycles. The highest BCUT2D eigenvalue weighted by Gasteiger charge is 2.02. The zero-order valence-electron chi connectivity index (χ0n) is 8.54. The molecule has 1 atom stereocenters. The molecule has 0 bridgehead atoms. The average molecular weight is 182 g/mol. The van der Waals surface area contributed by atoms with Gasteiger partial charge < -0.3 is 5.11 Å². The second kappa shape index (κ2) is 7.14. The van der Waals surface area contributed by atoms with Gasteiger partial charge in [-0.25, -0.2) is 0 Å². The van der Waals surface area contributed by atoms with Gasteiger partial charge in [0.05, 0.1) is 6.10 Å². The summed E-state index contributed by atoms with van der Waals surface area (Å²) < 4.78 is 0. The maximum atomic E-state index is 9.56. The topological polar surface area (TPSA) is 20.2 Å². The highest BCUT2D eigenvalue weighted by Crippen LogP contribution is 2.13. The molecule has 0 amide bonds. The van der Waals surface area contributed by atoms with Crippen LogP contribution < -0.4 is 0 Å². The zero-order valence-corrected chi connectivity index (χ0v) is 8.54. The summed E-state index contributed by atoms with van der Waals surface area (Å²) in [5.41, 5.74) is 0. The third-order valence-electron chi connectivity index (χ3n) is 2.74. The lowest BCUT2D eigenvalue weighted by molar-refractivity contribution is 0.152. The Bertz CT molecular complexity index is 140. The van der Waals surface area contributed by atoms with E-state index in [2.05, 4.69) is 12.2 Å². The van der Waals surface area contributed by atoms with E-state index in [1.54, 1.807) is 0 Å². The van der Waals surface area contributed by atoms with Gasteiger partial charge in [0.2, 0.25) is 0 Å². The van der Waals surface area contributed by atoms with Crippen LogP contribution in [-0.4, -0.2) is 11.2 Å². The molecule has 0 radical (unpaired) electrons. The van der Waals surface area contributed by atoms with Crippen LogP contribution in [0.1, 0.15) is 57.8 Å². The molecule has 1 nitrogen and oxygen atoms in total. The molecule has 1 N–H and O–H groups in total. The van der Waals surface area contributed by atoms with E-state index in [4.69, 9.17) is 0 Å². The lowest BCUT2D eigenvalue weighted by Gasteiger charge is -2.09. The van der Waals surface area contributed by atoms with Gasteiger partial charge in [0.15, 0.2) is 0 Å². The SMILES string of the molecule is OC1CCC=CCCCCCCC1. The smallest absolute Gasteiger partial charge is 0.0543 e. The number of aliphatic hydroxyl groups is 1. The second-order valence-electron chi connectivity index (χ2n) is 4.05. The van der Waals surface area contributed by atoms with Gasteiger partial charge in [-0.1, -0.05) is 37.8 Å². The number of allylic oxidation sites excluding steroid dienone is 2. The molecule has 0 aromatic rings. The maximum Gasteiger partial charge on any atom is 0.0543 e. The Morgan fingerprint density at radius 3 is 2.38 bits per heavy atom. The molecular weight excluding hydrogens is 160 g/mol. The van der Waals surface area contributed by atoms with Crippen molar-refractivity contribution < 1.29 is 5.11 Å². The van der Waals surface area contributed by atoms with Crippen LogP contribution in [0.5, 0.6) is 0 Å². The van der Waals surface area contributed by atoms with Gasteiger partial charge in [-0.05, 0) is 32.1 Å². The monoisotopic (exact) mass is 182 g/mol. The van der Waals surface area contributed by atoms with Gasteiger partial charge in [-0.15, -0.1) is 0 Å². The predicted octanol–water partition coefficient (Wildman–Crippen LogP) is 3.43. The average Bonchev–Trinajstić information content (AvgIpc) is 2.11. The molecule has 13 heavy (non-hydrogen) atoms. The molecule has 76 valence electrons. The van der Waals surface area contributed by atoms with Crippen LogP contribution in [0.2, 0.25) is 0 Å². The van der Waals surface area contributed by atoms with Crippen molar-refractivity contribution in [1.29, 1.82) is 0 Å². The minimum Gasteiger partial charge on any atom is -0.393 e. The fourth-order valence-electron chi connectivity index (χ4n) is 1.84. The number of rotatable bonds is 0. The Balaban J connectivity index is 2.21. The summed E-state index contributed by atoms with van der Waals surface area (Å²) in [5.74, 6) is 0. The summed E-state index contributed by atoms with van der Waals surface area (Å²) in [4.78, 5) is 0. The van der Waals surface area contributed by atoms with Crippen molar-refractivity contribution in [3.05, 3.63) is 12.2 Å². The lowest BCUT2D eigenvalue weighted by atomic mass is 10.0. The van der Waals surface area contributed by atoms with E-state index in [-0.39, 0.29) is 6.10 Å². The van der Waals surface area contributed by atoms with E-state index in [1.165, 1.54) is 38.5 Å². The van der Waals surface area contributed by atoms with E-state index >= 15 is 0 Å². The summed E-state index contributed by atoms with van der Waals surface area (Å²) in [6.45, 7) is 0. The molecule has 1 rings (SSSR count). The molecule has 0 saturated carbocycles. The third-order valence-corrected chi connectivity index (χ3v) is 2.74. The maximum absolute atomic E-state index is 9.56. The largest absolute Gasteiger partial charge is 0.393 e. The van der Waals surface area contributed by atoms with Gasteiger partial charge in [0.1, 0.15) is 0 Å². The zero-order chi connectivity index (χ0) is 9.36. The summed E-state index contributed by atoms with van der Waals surface area (Å²) >= 11 is 0. The highest BCUT2D eigenvalue weighted by molar-refractivity contribution is 4.82. The molecular formula is C12H22O. The van der Waals surface area contributed by atoms with Gasteiger partial charge in [0, 0.05) is 0 Å². The Labute approximate surface area is 81.9 Å². The normalized spacial score (nSPS) is 27.6. The van der Waals surface area contributed by atoms with Crippen LogP contribution in [0.25, 0.3) is 0 Å². The number of aliphatic hydroxyl groups excluding tert-OH is 1. The van der Waals surface area contributed by atoms with Gasteiger partial charge in [0.25, 0.3) is 0 Å². The van der Waals surface area contributed by atoms with Crippen LogP contribution in [0, 0.1) is 0 Å². The van der Waals surface area contributed by atoms with Crippen molar-refractivity contribution in [1.82, 2.24) is 0 Å². The molecule has 0 heterocycles. The van der Waals surface area contributed by atoms with E-state index in [9.17, 15) is 5.11 Å². The molecule has 1 aliphatic rings. The van der Waals surface area contributed by atoms with Crippen LogP contribution >= 0.6 is 0 Å². The summed E-state index contributed by atoms with van der Waals surface area (Å²) in [7, 11) is 0. The molecule has 1 unspecified atom stereocenters. The quantitative estimate of drug-likeness (QED) is 0.569. The second-order valence-corrected chi connectivity index (χ2v) is 4.05. The van der Waals surface area contributed by atoms with Gasteiger partial charge in [-0.3, -0.25) is 0 Å². The first kappa shape index (κ1) is 10.8.